The fourth-order valence-corrected chi connectivity index (χ4v) is 5.14. The number of benzene rings is 2. The molecule has 1 aromatic heterocycles. The summed E-state index contributed by atoms with van der Waals surface area (Å²) in [7, 11) is 0. The van der Waals surface area contributed by atoms with Crippen LogP contribution in [0.3, 0.4) is 0 Å². The number of amides is 1. The standard InChI is InChI=1S/C29H39FN4O/c1-3-32(4-2)17-7-16-31-29(35)24-14-18-33(19-15-24)22-27-20-25-8-5-6-9-28(25)34(27)21-23-10-12-26(30)13-11-23/h5-6,8-13,20,24H,3-4,7,14-19,21-22H2,1-2H3,(H,31,35). The van der Waals surface area contributed by atoms with Gasteiger partial charge in [0.05, 0.1) is 0 Å². The maximum atomic E-state index is 13.4. The zero-order chi connectivity index (χ0) is 24.6. The van der Waals surface area contributed by atoms with Crippen molar-refractivity contribution in [2.75, 3.05) is 39.3 Å². The number of hydrogen-bond donors (Lipinski definition) is 1. The molecule has 0 radical (unpaired) electrons. The van der Waals surface area contributed by atoms with E-state index in [0.717, 1.165) is 77.2 Å². The number of fused-ring (bicyclic) bond motifs is 1. The molecule has 1 amide bonds. The molecule has 3 aromatic rings. The van der Waals surface area contributed by atoms with Gasteiger partial charge in [-0.1, -0.05) is 44.2 Å². The lowest BCUT2D eigenvalue weighted by atomic mass is 9.95. The minimum absolute atomic E-state index is 0.116. The molecule has 0 saturated carbocycles. The first kappa shape index (κ1) is 25.4. The first-order chi connectivity index (χ1) is 17.1. The summed E-state index contributed by atoms with van der Waals surface area (Å²) in [5.74, 6) is 0.126. The summed E-state index contributed by atoms with van der Waals surface area (Å²) in [5.41, 5.74) is 3.55. The zero-order valence-corrected chi connectivity index (χ0v) is 21.2. The van der Waals surface area contributed by atoms with Crippen LogP contribution in [0.4, 0.5) is 4.39 Å². The van der Waals surface area contributed by atoms with Gasteiger partial charge in [0.25, 0.3) is 0 Å². The van der Waals surface area contributed by atoms with Crippen LogP contribution in [0.15, 0.2) is 54.6 Å². The molecule has 0 bridgehead atoms. The highest BCUT2D eigenvalue weighted by Gasteiger charge is 2.25. The molecule has 0 unspecified atom stereocenters. The molecule has 0 spiro atoms. The van der Waals surface area contributed by atoms with Crippen molar-refractivity contribution < 1.29 is 9.18 Å². The number of piperidine rings is 1. The number of halogens is 1. The van der Waals surface area contributed by atoms with Crippen molar-refractivity contribution in [1.82, 2.24) is 19.7 Å². The first-order valence-corrected chi connectivity index (χ1v) is 13.1. The van der Waals surface area contributed by atoms with Crippen LogP contribution >= 0.6 is 0 Å². The third-order valence-corrected chi connectivity index (χ3v) is 7.34. The van der Waals surface area contributed by atoms with Gasteiger partial charge in [0.2, 0.25) is 5.91 Å². The van der Waals surface area contributed by atoms with Gasteiger partial charge in [-0.05, 0) is 87.2 Å². The first-order valence-electron chi connectivity index (χ1n) is 13.1. The van der Waals surface area contributed by atoms with Crippen LogP contribution in [0, 0.1) is 11.7 Å². The van der Waals surface area contributed by atoms with E-state index in [-0.39, 0.29) is 17.6 Å². The predicted molar refractivity (Wildman–Crippen MR) is 141 cm³/mol. The minimum atomic E-state index is -0.206. The zero-order valence-electron chi connectivity index (χ0n) is 21.2. The molecule has 5 nitrogen and oxygen atoms in total. The van der Waals surface area contributed by atoms with E-state index in [2.05, 4.69) is 63.9 Å². The van der Waals surface area contributed by atoms with E-state index in [9.17, 15) is 9.18 Å². The third-order valence-electron chi connectivity index (χ3n) is 7.34. The van der Waals surface area contributed by atoms with Crippen molar-refractivity contribution in [3.8, 4) is 0 Å². The summed E-state index contributed by atoms with van der Waals surface area (Å²) in [6, 6.07) is 17.5. The van der Waals surface area contributed by atoms with E-state index in [1.807, 2.05) is 12.1 Å². The Labute approximate surface area is 208 Å². The van der Waals surface area contributed by atoms with Crippen molar-refractivity contribution in [3.05, 3.63) is 71.7 Å². The van der Waals surface area contributed by atoms with Crippen LogP contribution in [-0.4, -0.2) is 59.5 Å². The van der Waals surface area contributed by atoms with Crippen molar-refractivity contribution in [1.29, 1.82) is 0 Å². The largest absolute Gasteiger partial charge is 0.356 e. The average molecular weight is 479 g/mol. The van der Waals surface area contributed by atoms with Crippen LogP contribution in [0.1, 0.15) is 44.4 Å². The quantitative estimate of drug-likeness (QED) is 0.399. The molecular formula is C29H39FN4O. The molecular weight excluding hydrogens is 439 g/mol. The molecule has 1 aliphatic rings. The molecule has 2 aromatic carbocycles. The average Bonchev–Trinajstić information content (AvgIpc) is 3.22. The third kappa shape index (κ3) is 6.71. The second-order valence-corrected chi connectivity index (χ2v) is 9.63. The highest BCUT2D eigenvalue weighted by Crippen LogP contribution is 2.25. The van der Waals surface area contributed by atoms with Crippen molar-refractivity contribution in [2.45, 2.75) is 46.2 Å². The lowest BCUT2D eigenvalue weighted by Gasteiger charge is -2.31. The number of rotatable bonds is 11. The number of carbonyl (C=O) groups excluding carboxylic acids is 1. The summed E-state index contributed by atoms with van der Waals surface area (Å²) in [6.45, 7) is 11.7. The van der Waals surface area contributed by atoms with E-state index in [0.29, 0.717) is 0 Å². The number of aromatic nitrogens is 1. The molecule has 188 valence electrons. The summed E-state index contributed by atoms with van der Waals surface area (Å²) in [4.78, 5) is 17.5. The second-order valence-electron chi connectivity index (χ2n) is 9.63. The summed E-state index contributed by atoms with van der Waals surface area (Å²) in [6.07, 6.45) is 2.81. The molecule has 1 saturated heterocycles. The molecule has 0 aliphatic carbocycles. The minimum Gasteiger partial charge on any atom is -0.356 e. The Bertz CT molecular complexity index is 1080. The Morgan fingerprint density at radius 2 is 1.74 bits per heavy atom. The molecule has 4 rings (SSSR count). The van der Waals surface area contributed by atoms with Crippen molar-refractivity contribution >= 4 is 16.8 Å². The van der Waals surface area contributed by atoms with Gasteiger partial charge in [-0.3, -0.25) is 9.69 Å². The Morgan fingerprint density at radius 3 is 2.46 bits per heavy atom. The van der Waals surface area contributed by atoms with Crippen LogP contribution in [0.5, 0.6) is 0 Å². The molecule has 1 N–H and O–H groups in total. The van der Waals surface area contributed by atoms with Crippen molar-refractivity contribution in [2.24, 2.45) is 5.92 Å². The van der Waals surface area contributed by atoms with Gasteiger partial charge in [0, 0.05) is 36.8 Å². The molecule has 0 atom stereocenters. The van der Waals surface area contributed by atoms with E-state index in [1.54, 1.807) is 0 Å². The van der Waals surface area contributed by atoms with Gasteiger partial charge in [-0.2, -0.15) is 0 Å². The smallest absolute Gasteiger partial charge is 0.223 e. The van der Waals surface area contributed by atoms with E-state index >= 15 is 0 Å². The number of hydrogen-bond acceptors (Lipinski definition) is 3. The van der Waals surface area contributed by atoms with E-state index in [4.69, 9.17) is 0 Å². The maximum absolute atomic E-state index is 13.4. The topological polar surface area (TPSA) is 40.5 Å². The fraction of sp³-hybridized carbons (Fsp3) is 0.483. The monoisotopic (exact) mass is 478 g/mol. The number of para-hydroxylation sites is 1. The molecule has 1 aliphatic heterocycles. The van der Waals surface area contributed by atoms with E-state index < -0.39 is 0 Å². The number of likely N-dealkylation sites (tertiary alicyclic amines) is 1. The molecule has 6 heteroatoms. The summed E-state index contributed by atoms with van der Waals surface area (Å²) >= 11 is 0. The number of carbonyl (C=O) groups is 1. The van der Waals surface area contributed by atoms with Gasteiger partial charge in [0.15, 0.2) is 0 Å². The van der Waals surface area contributed by atoms with Crippen LogP contribution < -0.4 is 5.32 Å². The van der Waals surface area contributed by atoms with E-state index in [1.165, 1.54) is 28.7 Å². The Kier molecular flexibility index (Phi) is 8.94. The predicted octanol–water partition coefficient (Wildman–Crippen LogP) is 4.89. The lowest BCUT2D eigenvalue weighted by molar-refractivity contribution is -0.126. The highest BCUT2D eigenvalue weighted by molar-refractivity contribution is 5.81. The Balaban J connectivity index is 1.32. The normalized spacial score (nSPS) is 15.2. The SMILES string of the molecule is CCN(CC)CCCNC(=O)C1CCN(Cc2cc3ccccc3n2Cc2ccc(F)cc2)CC1. The Morgan fingerprint density at radius 1 is 1.03 bits per heavy atom. The van der Waals surface area contributed by atoms with Gasteiger partial charge < -0.3 is 14.8 Å². The van der Waals surface area contributed by atoms with Gasteiger partial charge in [0.1, 0.15) is 5.82 Å². The van der Waals surface area contributed by atoms with Gasteiger partial charge >= 0.3 is 0 Å². The number of nitrogens with one attached hydrogen (secondary N) is 1. The van der Waals surface area contributed by atoms with Crippen molar-refractivity contribution in [3.63, 3.8) is 0 Å². The maximum Gasteiger partial charge on any atom is 0.223 e. The van der Waals surface area contributed by atoms with Crippen LogP contribution in [-0.2, 0) is 17.9 Å². The molecule has 35 heavy (non-hydrogen) atoms. The number of nitrogens with zero attached hydrogens (tertiary/aromatic N) is 3. The molecule has 1 fully saturated rings. The summed E-state index contributed by atoms with van der Waals surface area (Å²) < 4.78 is 15.7. The van der Waals surface area contributed by atoms with Crippen LogP contribution in [0.2, 0.25) is 0 Å². The van der Waals surface area contributed by atoms with Gasteiger partial charge in [-0.15, -0.1) is 0 Å². The van der Waals surface area contributed by atoms with Gasteiger partial charge in [-0.25, -0.2) is 4.39 Å². The van der Waals surface area contributed by atoms with Crippen LogP contribution in [0.25, 0.3) is 10.9 Å². The summed E-state index contributed by atoms with van der Waals surface area (Å²) in [5, 5.41) is 4.39. The fourth-order valence-electron chi connectivity index (χ4n) is 5.14. The highest BCUT2D eigenvalue weighted by atomic mass is 19.1. The lowest BCUT2D eigenvalue weighted by Crippen LogP contribution is -2.41. The Hall–Kier alpha value is -2.70. The molecule has 2 heterocycles. The second kappa shape index (κ2) is 12.3.